The van der Waals surface area contributed by atoms with Crippen molar-refractivity contribution in [3.63, 3.8) is 0 Å². The van der Waals surface area contributed by atoms with E-state index in [0.717, 1.165) is 24.2 Å². The lowest BCUT2D eigenvalue weighted by Gasteiger charge is -2.10. The second-order valence-electron chi connectivity index (χ2n) is 11.2. The van der Waals surface area contributed by atoms with Gasteiger partial charge in [-0.1, -0.05) is 42.2 Å². The zero-order valence-corrected chi connectivity index (χ0v) is 25.5. The van der Waals surface area contributed by atoms with Crippen molar-refractivity contribution in [2.75, 3.05) is 14.1 Å². The molecule has 7 nitrogen and oxygen atoms in total. The van der Waals surface area contributed by atoms with Crippen molar-refractivity contribution >= 4 is 16.7 Å². The van der Waals surface area contributed by atoms with E-state index in [1.807, 2.05) is 26.2 Å². The van der Waals surface area contributed by atoms with E-state index in [-0.39, 0.29) is 35.9 Å². The first-order chi connectivity index (χ1) is 21.5. The molecule has 10 heteroatoms. The Kier molecular flexibility index (Phi) is 9.30. The van der Waals surface area contributed by atoms with Crippen LogP contribution in [0.15, 0.2) is 65.6 Å². The van der Waals surface area contributed by atoms with Crippen molar-refractivity contribution in [1.82, 2.24) is 24.2 Å². The molecule has 3 aromatic carbocycles. The topological polar surface area (TPSA) is 73.0 Å². The van der Waals surface area contributed by atoms with Gasteiger partial charge in [0.25, 0.3) is 5.56 Å². The predicted octanol–water partition coefficient (Wildman–Crippen LogP) is 5.57. The number of Topliss-reactive ketones (excluding diaryl/α,β-unsaturated/α-hetero) is 1. The van der Waals surface area contributed by atoms with Gasteiger partial charge in [-0.15, -0.1) is 0 Å². The second kappa shape index (κ2) is 13.3. The summed E-state index contributed by atoms with van der Waals surface area (Å²) in [5.74, 6) is 3.26. The lowest BCUT2D eigenvalue weighted by Crippen LogP contribution is -2.25. The summed E-state index contributed by atoms with van der Waals surface area (Å²) in [6.45, 7) is 2.46. The van der Waals surface area contributed by atoms with Crippen molar-refractivity contribution in [3.8, 4) is 11.8 Å². The van der Waals surface area contributed by atoms with Gasteiger partial charge in [0.05, 0.1) is 23.0 Å². The molecular formula is C35H32F3N5O2. The fraction of sp³-hybridized carbons (Fsp3) is 0.257. The van der Waals surface area contributed by atoms with Crippen LogP contribution in [0.2, 0.25) is 0 Å². The fourth-order valence-electron chi connectivity index (χ4n) is 5.13. The zero-order chi connectivity index (χ0) is 32.2. The molecule has 0 bridgehead atoms. The number of fused-ring (bicyclic) bond motifs is 1. The molecule has 0 aliphatic carbocycles. The molecule has 0 unspecified atom stereocenters. The first-order valence-electron chi connectivity index (χ1n) is 14.4. The SMILES string of the molecule is Cc1c(C(=O)CCC#Cc2ccc3nc(Cc4ccc(CN(C)C)cc4)ncc3c2F)c(=O)n(Cc2ccc(F)c(F)c2)n1C. The number of benzene rings is 3. The number of hydrogen-bond donors (Lipinski definition) is 0. The summed E-state index contributed by atoms with van der Waals surface area (Å²) >= 11 is 0. The predicted molar refractivity (Wildman–Crippen MR) is 166 cm³/mol. The molecule has 2 heterocycles. The smallest absolute Gasteiger partial charge is 0.278 e. The van der Waals surface area contributed by atoms with Gasteiger partial charge in [-0.3, -0.25) is 14.3 Å². The first kappa shape index (κ1) is 31.4. The van der Waals surface area contributed by atoms with Gasteiger partial charge in [-0.05, 0) is 62.0 Å². The summed E-state index contributed by atoms with van der Waals surface area (Å²) in [7, 11) is 5.66. The third-order valence-corrected chi connectivity index (χ3v) is 7.59. The van der Waals surface area contributed by atoms with Crippen molar-refractivity contribution in [1.29, 1.82) is 0 Å². The number of ketones is 1. The van der Waals surface area contributed by atoms with Crippen LogP contribution in [0.1, 0.15) is 57.0 Å². The van der Waals surface area contributed by atoms with Gasteiger partial charge in [-0.25, -0.2) is 27.8 Å². The number of carbonyl (C=O) groups excluding carboxylic acids is 1. The average Bonchev–Trinajstić information content (AvgIpc) is 3.21. The van der Waals surface area contributed by atoms with Gasteiger partial charge in [0.1, 0.15) is 17.2 Å². The van der Waals surface area contributed by atoms with Crippen LogP contribution < -0.4 is 5.56 Å². The van der Waals surface area contributed by atoms with E-state index in [1.165, 1.54) is 27.2 Å². The number of halogens is 3. The van der Waals surface area contributed by atoms with Gasteiger partial charge in [0, 0.05) is 44.7 Å². The molecule has 0 aliphatic heterocycles. The maximum absolute atomic E-state index is 15.3. The Bertz CT molecular complexity index is 2020. The van der Waals surface area contributed by atoms with Crippen LogP contribution in [0, 0.1) is 36.2 Å². The Morgan fingerprint density at radius 2 is 1.67 bits per heavy atom. The molecular weight excluding hydrogens is 579 g/mol. The van der Waals surface area contributed by atoms with Gasteiger partial charge in [0.2, 0.25) is 0 Å². The average molecular weight is 612 g/mol. The number of rotatable bonds is 9. The van der Waals surface area contributed by atoms with Crippen molar-refractivity contribution in [3.05, 3.63) is 128 Å². The Hall–Kier alpha value is -5.01. The highest BCUT2D eigenvalue weighted by molar-refractivity contribution is 5.97. The number of nitrogens with zero attached hydrogens (tertiary/aromatic N) is 5. The molecule has 0 spiro atoms. The van der Waals surface area contributed by atoms with E-state index in [1.54, 1.807) is 26.1 Å². The van der Waals surface area contributed by atoms with E-state index in [2.05, 4.69) is 38.8 Å². The van der Waals surface area contributed by atoms with Crippen LogP contribution >= 0.6 is 0 Å². The van der Waals surface area contributed by atoms with Gasteiger partial charge < -0.3 is 4.90 Å². The molecule has 0 saturated carbocycles. The van der Waals surface area contributed by atoms with Crippen molar-refractivity contribution in [2.24, 2.45) is 7.05 Å². The molecule has 0 amide bonds. The van der Waals surface area contributed by atoms with Crippen LogP contribution in [0.25, 0.3) is 10.9 Å². The summed E-state index contributed by atoms with van der Waals surface area (Å²) in [6, 6.07) is 14.9. The second-order valence-corrected chi connectivity index (χ2v) is 11.2. The molecule has 0 saturated heterocycles. The normalized spacial score (nSPS) is 11.2. The molecule has 5 aromatic rings. The molecule has 0 atom stereocenters. The molecule has 0 N–H and O–H groups in total. The van der Waals surface area contributed by atoms with E-state index in [4.69, 9.17) is 0 Å². The van der Waals surface area contributed by atoms with E-state index in [9.17, 15) is 18.4 Å². The monoisotopic (exact) mass is 611 g/mol. The van der Waals surface area contributed by atoms with Gasteiger partial charge in [-0.2, -0.15) is 0 Å². The van der Waals surface area contributed by atoms with Crippen LogP contribution in [-0.2, 0) is 26.6 Å². The summed E-state index contributed by atoms with van der Waals surface area (Å²) in [5, 5.41) is 0.254. The van der Waals surface area contributed by atoms with E-state index in [0.29, 0.717) is 29.0 Å². The molecule has 0 fully saturated rings. The van der Waals surface area contributed by atoms with Crippen LogP contribution in [0.3, 0.4) is 0 Å². The fourth-order valence-corrected chi connectivity index (χ4v) is 5.13. The van der Waals surface area contributed by atoms with Crippen LogP contribution in [-0.4, -0.2) is 44.1 Å². The molecule has 0 radical (unpaired) electrons. The maximum atomic E-state index is 15.3. The standard InChI is InChI=1S/C35H32F3N5O2/c1-22-33(35(45)43(42(22)4)21-25-13-15-28(36)29(37)17-25)31(44)8-6-5-7-26-14-16-30-27(34(26)38)19-39-32(40-30)18-23-9-11-24(12-10-23)20-41(2)3/h9-17,19H,6,8,18,20-21H2,1-4H3. The highest BCUT2D eigenvalue weighted by Crippen LogP contribution is 2.20. The van der Waals surface area contributed by atoms with E-state index < -0.39 is 28.8 Å². The van der Waals surface area contributed by atoms with E-state index >= 15 is 4.39 Å². The summed E-state index contributed by atoms with van der Waals surface area (Å²) in [5.41, 5.74) is 3.21. The number of aromatic nitrogens is 4. The van der Waals surface area contributed by atoms with Crippen LogP contribution in [0.4, 0.5) is 13.2 Å². The maximum Gasteiger partial charge on any atom is 0.278 e. The Morgan fingerprint density at radius 1 is 0.956 bits per heavy atom. The van der Waals surface area contributed by atoms with Crippen molar-refractivity contribution in [2.45, 2.75) is 39.3 Å². The Morgan fingerprint density at radius 3 is 2.38 bits per heavy atom. The summed E-state index contributed by atoms with van der Waals surface area (Å²) in [4.78, 5) is 37.0. The Balaban J connectivity index is 1.25. The highest BCUT2D eigenvalue weighted by Gasteiger charge is 2.21. The molecule has 2 aromatic heterocycles. The van der Waals surface area contributed by atoms with Crippen molar-refractivity contribution < 1.29 is 18.0 Å². The third kappa shape index (κ3) is 7.05. The minimum atomic E-state index is -1.01. The molecule has 45 heavy (non-hydrogen) atoms. The minimum Gasteiger partial charge on any atom is -0.305 e. The van der Waals surface area contributed by atoms with Crippen LogP contribution in [0.5, 0.6) is 0 Å². The first-order valence-corrected chi connectivity index (χ1v) is 14.4. The zero-order valence-electron chi connectivity index (χ0n) is 25.5. The summed E-state index contributed by atoms with van der Waals surface area (Å²) < 4.78 is 45.0. The summed E-state index contributed by atoms with van der Waals surface area (Å²) in [6.07, 6.45) is 2.05. The molecule has 0 aliphatic rings. The third-order valence-electron chi connectivity index (χ3n) is 7.59. The quantitative estimate of drug-likeness (QED) is 0.161. The lowest BCUT2D eigenvalue weighted by atomic mass is 10.1. The van der Waals surface area contributed by atoms with Gasteiger partial charge >= 0.3 is 0 Å². The Labute approximate surface area is 258 Å². The highest BCUT2D eigenvalue weighted by atomic mass is 19.2. The lowest BCUT2D eigenvalue weighted by molar-refractivity contribution is 0.0982. The van der Waals surface area contributed by atoms with Gasteiger partial charge in [0.15, 0.2) is 17.4 Å². The number of hydrogen-bond acceptors (Lipinski definition) is 5. The largest absolute Gasteiger partial charge is 0.305 e. The number of carbonyl (C=O) groups is 1. The molecule has 230 valence electrons. The molecule has 5 rings (SSSR count). The minimum absolute atomic E-state index is 0.0104.